The third-order valence-corrected chi connectivity index (χ3v) is 1.60. The van der Waals surface area contributed by atoms with E-state index in [2.05, 4.69) is 19.9 Å². The molecule has 11 heavy (non-hydrogen) atoms. The fourth-order valence-corrected chi connectivity index (χ4v) is 1.06. The van der Waals surface area contributed by atoms with Gasteiger partial charge in [-0.25, -0.2) is 15.0 Å². The smallest absolute Gasteiger partial charge is 0.181 e. The summed E-state index contributed by atoms with van der Waals surface area (Å²) in [6.45, 7) is 3.84. The normalized spacial score (nSPS) is 10.7. The van der Waals surface area contributed by atoms with Crippen molar-refractivity contribution in [3.63, 3.8) is 0 Å². The highest BCUT2D eigenvalue weighted by Gasteiger charge is 2.01. The van der Waals surface area contributed by atoms with Gasteiger partial charge in [0.1, 0.15) is 17.7 Å². The minimum Gasteiger partial charge on any atom is -0.339 e. The number of fused-ring (bicyclic) bond motifs is 1. The van der Waals surface area contributed by atoms with Gasteiger partial charge >= 0.3 is 0 Å². The van der Waals surface area contributed by atoms with Gasteiger partial charge in [-0.1, -0.05) is 0 Å². The molecule has 4 heteroatoms. The Kier molecular flexibility index (Phi) is 1.15. The van der Waals surface area contributed by atoms with Crippen LogP contribution in [-0.2, 0) is 0 Å². The zero-order valence-electron chi connectivity index (χ0n) is 6.42. The molecule has 0 radical (unpaired) electrons. The number of nitrogens with zero attached hydrogens (tertiary/aromatic N) is 3. The zero-order valence-corrected chi connectivity index (χ0v) is 6.42. The average Bonchev–Trinajstić information content (AvgIpc) is 2.31. The van der Waals surface area contributed by atoms with Crippen LogP contribution >= 0.6 is 0 Å². The highest BCUT2D eigenvalue weighted by Crippen LogP contribution is 2.09. The van der Waals surface area contributed by atoms with E-state index < -0.39 is 0 Å². The molecule has 0 aliphatic carbocycles. The van der Waals surface area contributed by atoms with Crippen LogP contribution in [-0.4, -0.2) is 19.9 Å². The molecule has 0 aromatic carbocycles. The summed E-state index contributed by atoms with van der Waals surface area (Å²) in [4.78, 5) is 15.3. The third-order valence-electron chi connectivity index (χ3n) is 1.60. The molecule has 2 aromatic rings. The van der Waals surface area contributed by atoms with Gasteiger partial charge in [-0.05, 0) is 13.8 Å². The van der Waals surface area contributed by atoms with Gasteiger partial charge in [0.2, 0.25) is 0 Å². The Bertz CT molecular complexity index is 390. The van der Waals surface area contributed by atoms with Gasteiger partial charge in [0.15, 0.2) is 5.65 Å². The summed E-state index contributed by atoms with van der Waals surface area (Å²) in [5, 5.41) is 0. The van der Waals surface area contributed by atoms with Crippen LogP contribution in [0.15, 0.2) is 6.33 Å². The van der Waals surface area contributed by atoms with Crippen LogP contribution in [0.3, 0.4) is 0 Å². The molecule has 0 aliphatic heterocycles. The Labute approximate surface area is 63.7 Å². The van der Waals surface area contributed by atoms with E-state index in [1.807, 2.05) is 13.8 Å². The Balaban J connectivity index is 2.90. The Morgan fingerprint density at radius 3 is 2.82 bits per heavy atom. The first-order valence-corrected chi connectivity index (χ1v) is 3.41. The second-order valence-electron chi connectivity index (χ2n) is 2.48. The number of hydrogen-bond acceptors (Lipinski definition) is 3. The molecule has 0 saturated heterocycles. The fourth-order valence-electron chi connectivity index (χ4n) is 1.06. The van der Waals surface area contributed by atoms with Crippen molar-refractivity contribution in [3.8, 4) is 0 Å². The second kappa shape index (κ2) is 2.02. The predicted octanol–water partition coefficient (Wildman–Crippen LogP) is 0.970. The van der Waals surface area contributed by atoms with Crippen molar-refractivity contribution in [1.29, 1.82) is 0 Å². The molecule has 56 valence electrons. The SMILES string of the molecule is Cc1nc2ncnc(C)c2[nH]1. The van der Waals surface area contributed by atoms with Crippen LogP contribution in [0.2, 0.25) is 0 Å². The van der Waals surface area contributed by atoms with Gasteiger partial charge < -0.3 is 4.98 Å². The predicted molar refractivity (Wildman–Crippen MR) is 41.2 cm³/mol. The Morgan fingerprint density at radius 2 is 2.09 bits per heavy atom. The highest BCUT2D eigenvalue weighted by molar-refractivity contribution is 5.72. The first kappa shape index (κ1) is 6.27. The average molecular weight is 148 g/mol. The van der Waals surface area contributed by atoms with E-state index in [1.165, 1.54) is 6.33 Å². The lowest BCUT2D eigenvalue weighted by Crippen LogP contribution is -1.84. The number of imidazole rings is 1. The maximum Gasteiger partial charge on any atom is 0.181 e. The maximum absolute atomic E-state index is 4.17. The summed E-state index contributed by atoms with van der Waals surface area (Å²) in [5.41, 5.74) is 2.62. The van der Waals surface area contributed by atoms with Crippen molar-refractivity contribution >= 4 is 11.2 Å². The lowest BCUT2D eigenvalue weighted by atomic mass is 10.4. The van der Waals surface area contributed by atoms with E-state index >= 15 is 0 Å². The van der Waals surface area contributed by atoms with E-state index in [4.69, 9.17) is 0 Å². The molecule has 1 N–H and O–H groups in total. The molecule has 0 bridgehead atoms. The first-order valence-electron chi connectivity index (χ1n) is 3.41. The van der Waals surface area contributed by atoms with E-state index in [-0.39, 0.29) is 0 Å². The molecule has 2 heterocycles. The van der Waals surface area contributed by atoms with Gasteiger partial charge in [-0.2, -0.15) is 0 Å². The van der Waals surface area contributed by atoms with Crippen molar-refractivity contribution in [2.45, 2.75) is 13.8 Å². The van der Waals surface area contributed by atoms with Crippen molar-refractivity contribution < 1.29 is 0 Å². The maximum atomic E-state index is 4.17. The van der Waals surface area contributed by atoms with E-state index in [9.17, 15) is 0 Å². The number of aromatic amines is 1. The number of H-pyrrole nitrogens is 1. The minimum absolute atomic E-state index is 0.745. The number of nitrogens with one attached hydrogen (secondary N) is 1. The topological polar surface area (TPSA) is 54.5 Å². The fraction of sp³-hybridized carbons (Fsp3) is 0.286. The molecule has 4 nitrogen and oxygen atoms in total. The highest BCUT2D eigenvalue weighted by atomic mass is 15.0. The monoisotopic (exact) mass is 148 g/mol. The molecule has 2 rings (SSSR count). The first-order chi connectivity index (χ1) is 5.27. The second-order valence-corrected chi connectivity index (χ2v) is 2.48. The largest absolute Gasteiger partial charge is 0.339 e. The van der Waals surface area contributed by atoms with Gasteiger partial charge in [-0.3, -0.25) is 0 Å². The molecule has 0 saturated carbocycles. The molecule has 0 atom stereocenters. The zero-order chi connectivity index (χ0) is 7.84. The summed E-state index contributed by atoms with van der Waals surface area (Å²) in [7, 11) is 0. The summed E-state index contributed by atoms with van der Waals surface area (Å²) in [5.74, 6) is 0.878. The van der Waals surface area contributed by atoms with Crippen LogP contribution in [0.5, 0.6) is 0 Å². The van der Waals surface area contributed by atoms with Crippen LogP contribution in [0.25, 0.3) is 11.2 Å². The lowest BCUT2D eigenvalue weighted by Gasteiger charge is -1.89. The van der Waals surface area contributed by atoms with Gasteiger partial charge in [0.25, 0.3) is 0 Å². The summed E-state index contributed by atoms with van der Waals surface area (Å²) < 4.78 is 0. The molecule has 0 unspecified atom stereocenters. The van der Waals surface area contributed by atoms with Crippen LogP contribution < -0.4 is 0 Å². The van der Waals surface area contributed by atoms with Crippen molar-refractivity contribution in [2.24, 2.45) is 0 Å². The van der Waals surface area contributed by atoms with Crippen LogP contribution in [0.4, 0.5) is 0 Å². The number of aromatic nitrogens is 4. The van der Waals surface area contributed by atoms with E-state index in [1.54, 1.807) is 0 Å². The van der Waals surface area contributed by atoms with Crippen molar-refractivity contribution in [3.05, 3.63) is 17.8 Å². The number of aryl methyl sites for hydroxylation is 2. The summed E-state index contributed by atoms with van der Waals surface area (Å²) in [6.07, 6.45) is 1.53. The van der Waals surface area contributed by atoms with Gasteiger partial charge in [-0.15, -0.1) is 0 Å². The molecule has 0 fully saturated rings. The molecule has 2 aromatic heterocycles. The van der Waals surface area contributed by atoms with Gasteiger partial charge in [0.05, 0.1) is 5.69 Å². The quantitative estimate of drug-likeness (QED) is 0.605. The minimum atomic E-state index is 0.745. The van der Waals surface area contributed by atoms with Crippen molar-refractivity contribution in [1.82, 2.24) is 19.9 Å². The Morgan fingerprint density at radius 1 is 1.27 bits per heavy atom. The molecule has 0 aliphatic rings. The number of hydrogen-bond donors (Lipinski definition) is 1. The third kappa shape index (κ3) is 0.869. The standard InChI is InChI=1S/C7H8N4/c1-4-6-7(9-3-8-4)11-5(2)10-6/h3H,1-2H3,(H,8,9,10,11). The summed E-state index contributed by atoms with van der Waals surface area (Å²) in [6, 6.07) is 0. The van der Waals surface area contributed by atoms with E-state index in [0.29, 0.717) is 0 Å². The number of rotatable bonds is 0. The molecular formula is C7H8N4. The molecular weight excluding hydrogens is 140 g/mol. The lowest BCUT2D eigenvalue weighted by molar-refractivity contribution is 1.14. The molecule has 0 spiro atoms. The molecule has 0 amide bonds. The van der Waals surface area contributed by atoms with Crippen LogP contribution in [0, 0.1) is 13.8 Å². The van der Waals surface area contributed by atoms with Gasteiger partial charge in [0, 0.05) is 0 Å². The van der Waals surface area contributed by atoms with Crippen LogP contribution in [0.1, 0.15) is 11.5 Å². The van der Waals surface area contributed by atoms with E-state index in [0.717, 1.165) is 22.7 Å². The summed E-state index contributed by atoms with van der Waals surface area (Å²) >= 11 is 0. The van der Waals surface area contributed by atoms with Crippen molar-refractivity contribution in [2.75, 3.05) is 0 Å². The Hall–Kier alpha value is -1.45.